The van der Waals surface area contributed by atoms with Crippen molar-refractivity contribution in [2.24, 2.45) is 16.9 Å². The molecule has 3 nitrogen and oxygen atoms in total. The van der Waals surface area contributed by atoms with Crippen LogP contribution in [0.4, 0.5) is 0 Å². The molecule has 98 valence electrons. The molecule has 2 atom stereocenters. The highest BCUT2D eigenvalue weighted by molar-refractivity contribution is 5.98. The van der Waals surface area contributed by atoms with Crippen LogP contribution in [0.25, 0.3) is 0 Å². The van der Waals surface area contributed by atoms with Gasteiger partial charge in [-0.2, -0.15) is 5.10 Å². The summed E-state index contributed by atoms with van der Waals surface area (Å²) >= 11 is 0. The van der Waals surface area contributed by atoms with Gasteiger partial charge in [0.1, 0.15) is 0 Å². The van der Waals surface area contributed by atoms with Crippen LogP contribution in [0.1, 0.15) is 34.3 Å². The lowest BCUT2D eigenvalue weighted by Crippen LogP contribution is -2.35. The Balaban J connectivity index is 1.65. The van der Waals surface area contributed by atoms with Gasteiger partial charge in [0.25, 0.3) is 5.91 Å². The van der Waals surface area contributed by atoms with Crippen molar-refractivity contribution in [3.63, 3.8) is 0 Å². The van der Waals surface area contributed by atoms with Crippen molar-refractivity contribution in [2.75, 3.05) is 0 Å². The van der Waals surface area contributed by atoms with Gasteiger partial charge >= 0.3 is 0 Å². The minimum Gasteiger partial charge on any atom is -0.267 e. The Morgan fingerprint density at radius 2 is 2.16 bits per heavy atom. The maximum absolute atomic E-state index is 12.0. The van der Waals surface area contributed by atoms with Crippen LogP contribution in [-0.4, -0.2) is 11.6 Å². The molecule has 1 aromatic rings. The van der Waals surface area contributed by atoms with Gasteiger partial charge in [-0.25, -0.2) is 5.43 Å². The molecule has 2 aliphatic carbocycles. The summed E-state index contributed by atoms with van der Waals surface area (Å²) in [5.41, 5.74) is 6.81. The molecule has 0 radical (unpaired) electrons. The summed E-state index contributed by atoms with van der Waals surface area (Å²) in [6.45, 7) is 4.05. The SMILES string of the molecule is Cc1ccc(C(=O)N/N=C2\C[C@H]3C=CC[C@H]23)cc1C. The van der Waals surface area contributed by atoms with Crippen LogP contribution in [0.3, 0.4) is 0 Å². The second kappa shape index (κ2) is 4.65. The number of hydrogen-bond acceptors (Lipinski definition) is 2. The van der Waals surface area contributed by atoms with Gasteiger partial charge in [0, 0.05) is 17.2 Å². The van der Waals surface area contributed by atoms with E-state index in [-0.39, 0.29) is 5.91 Å². The van der Waals surface area contributed by atoms with Gasteiger partial charge in [0.2, 0.25) is 0 Å². The summed E-state index contributed by atoms with van der Waals surface area (Å²) in [6.07, 6.45) is 6.54. The lowest BCUT2D eigenvalue weighted by Gasteiger charge is -2.31. The van der Waals surface area contributed by atoms with E-state index in [2.05, 4.69) is 22.7 Å². The first kappa shape index (κ1) is 12.2. The van der Waals surface area contributed by atoms with Crippen molar-refractivity contribution in [3.8, 4) is 0 Å². The number of allylic oxidation sites excluding steroid dienone is 2. The summed E-state index contributed by atoms with van der Waals surface area (Å²) in [4.78, 5) is 12.0. The average molecular weight is 254 g/mol. The molecule has 1 saturated carbocycles. The fourth-order valence-electron chi connectivity index (χ4n) is 2.73. The summed E-state index contributed by atoms with van der Waals surface area (Å²) in [6, 6.07) is 5.72. The van der Waals surface area contributed by atoms with Crippen LogP contribution in [-0.2, 0) is 0 Å². The van der Waals surface area contributed by atoms with Crippen LogP contribution in [0, 0.1) is 25.7 Å². The van der Waals surface area contributed by atoms with E-state index in [1.807, 2.05) is 32.0 Å². The standard InChI is InChI=1S/C16H18N2O/c1-10-6-7-13(8-11(10)2)16(19)18-17-15-9-12-4-3-5-14(12)15/h3-4,6-8,12,14H,5,9H2,1-2H3,(H,18,19)/b17-15+/t12-,14+/m1/s1. The minimum atomic E-state index is -0.120. The zero-order chi connectivity index (χ0) is 13.4. The zero-order valence-electron chi connectivity index (χ0n) is 11.3. The van der Waals surface area contributed by atoms with E-state index in [1.165, 1.54) is 5.56 Å². The summed E-state index contributed by atoms with van der Waals surface area (Å²) in [5.74, 6) is 1.09. The Morgan fingerprint density at radius 1 is 1.32 bits per heavy atom. The molecular formula is C16H18N2O. The molecule has 0 aliphatic heterocycles. The van der Waals surface area contributed by atoms with Crippen LogP contribution < -0.4 is 5.43 Å². The van der Waals surface area contributed by atoms with Gasteiger partial charge in [-0.05, 0) is 55.9 Å². The van der Waals surface area contributed by atoms with Crippen molar-refractivity contribution in [1.82, 2.24) is 5.43 Å². The number of fused-ring (bicyclic) bond motifs is 1. The Kier molecular flexibility index (Phi) is 2.97. The predicted molar refractivity (Wildman–Crippen MR) is 76.2 cm³/mol. The normalized spacial score (nSPS) is 26.1. The molecule has 0 saturated heterocycles. The number of aryl methyl sites for hydroxylation is 2. The Labute approximate surface area is 113 Å². The van der Waals surface area contributed by atoms with Gasteiger partial charge in [-0.15, -0.1) is 0 Å². The summed E-state index contributed by atoms with van der Waals surface area (Å²) in [5, 5.41) is 4.28. The number of carbonyl (C=O) groups excluding carboxylic acids is 1. The first-order chi connectivity index (χ1) is 9.15. The molecule has 0 aromatic heterocycles. The molecule has 0 unspecified atom stereocenters. The number of nitrogens with one attached hydrogen (secondary N) is 1. The van der Waals surface area contributed by atoms with Crippen LogP contribution in [0.15, 0.2) is 35.5 Å². The minimum absolute atomic E-state index is 0.120. The third-order valence-electron chi connectivity index (χ3n) is 4.23. The number of rotatable bonds is 2. The van der Waals surface area contributed by atoms with Gasteiger partial charge in [-0.3, -0.25) is 4.79 Å². The summed E-state index contributed by atoms with van der Waals surface area (Å²) in [7, 11) is 0. The number of amides is 1. The molecule has 0 heterocycles. The molecule has 0 spiro atoms. The maximum atomic E-state index is 12.0. The van der Waals surface area contributed by atoms with E-state index in [0.717, 1.165) is 24.1 Å². The van der Waals surface area contributed by atoms with Crippen molar-refractivity contribution >= 4 is 11.6 Å². The lowest BCUT2D eigenvalue weighted by atomic mass is 9.74. The Bertz CT molecular complexity index is 586. The van der Waals surface area contributed by atoms with E-state index in [4.69, 9.17) is 0 Å². The van der Waals surface area contributed by atoms with Crippen molar-refractivity contribution in [3.05, 3.63) is 47.0 Å². The van der Waals surface area contributed by atoms with Crippen molar-refractivity contribution < 1.29 is 4.79 Å². The van der Waals surface area contributed by atoms with Gasteiger partial charge in [0.05, 0.1) is 0 Å². The molecule has 1 fully saturated rings. The monoisotopic (exact) mass is 254 g/mol. The van der Waals surface area contributed by atoms with Gasteiger partial charge < -0.3 is 0 Å². The number of benzene rings is 1. The second-order valence-corrected chi connectivity index (χ2v) is 5.48. The number of hydrazone groups is 1. The molecule has 1 aromatic carbocycles. The highest BCUT2D eigenvalue weighted by Gasteiger charge is 2.37. The molecule has 3 rings (SSSR count). The Morgan fingerprint density at radius 3 is 2.89 bits per heavy atom. The molecule has 19 heavy (non-hydrogen) atoms. The fraction of sp³-hybridized carbons (Fsp3) is 0.375. The molecule has 0 bridgehead atoms. The fourth-order valence-corrected chi connectivity index (χ4v) is 2.73. The number of carbonyl (C=O) groups is 1. The summed E-state index contributed by atoms with van der Waals surface area (Å²) < 4.78 is 0. The predicted octanol–water partition coefficient (Wildman–Crippen LogP) is 2.99. The third-order valence-corrected chi connectivity index (χ3v) is 4.23. The first-order valence-corrected chi connectivity index (χ1v) is 6.76. The largest absolute Gasteiger partial charge is 0.271 e. The highest BCUT2D eigenvalue weighted by atomic mass is 16.2. The quantitative estimate of drug-likeness (QED) is 0.639. The van der Waals surface area contributed by atoms with E-state index < -0.39 is 0 Å². The van der Waals surface area contributed by atoms with Gasteiger partial charge in [0.15, 0.2) is 0 Å². The van der Waals surface area contributed by atoms with Crippen molar-refractivity contribution in [2.45, 2.75) is 26.7 Å². The van der Waals surface area contributed by atoms with Gasteiger partial charge in [-0.1, -0.05) is 18.2 Å². The Hall–Kier alpha value is -1.90. The molecule has 2 aliphatic rings. The maximum Gasteiger partial charge on any atom is 0.271 e. The van der Waals surface area contributed by atoms with E-state index in [9.17, 15) is 4.79 Å². The van der Waals surface area contributed by atoms with E-state index >= 15 is 0 Å². The second-order valence-electron chi connectivity index (χ2n) is 5.48. The zero-order valence-corrected chi connectivity index (χ0v) is 11.3. The first-order valence-electron chi connectivity index (χ1n) is 6.76. The molecule has 1 N–H and O–H groups in total. The van der Waals surface area contributed by atoms with Crippen LogP contribution in [0.5, 0.6) is 0 Å². The van der Waals surface area contributed by atoms with Crippen LogP contribution >= 0.6 is 0 Å². The topological polar surface area (TPSA) is 41.5 Å². The molecular weight excluding hydrogens is 236 g/mol. The highest BCUT2D eigenvalue weighted by Crippen LogP contribution is 2.40. The number of hydrogen-bond donors (Lipinski definition) is 1. The molecule has 1 amide bonds. The smallest absolute Gasteiger partial charge is 0.267 e. The third kappa shape index (κ3) is 2.21. The van der Waals surface area contributed by atoms with E-state index in [0.29, 0.717) is 17.4 Å². The van der Waals surface area contributed by atoms with Crippen molar-refractivity contribution in [1.29, 1.82) is 0 Å². The molecule has 3 heteroatoms. The average Bonchev–Trinajstić information content (AvgIpc) is 2.74. The van der Waals surface area contributed by atoms with E-state index in [1.54, 1.807) is 0 Å². The number of nitrogens with zero attached hydrogens (tertiary/aromatic N) is 1. The van der Waals surface area contributed by atoms with Crippen LogP contribution in [0.2, 0.25) is 0 Å². The lowest BCUT2D eigenvalue weighted by molar-refractivity contribution is 0.0954.